The van der Waals surface area contributed by atoms with E-state index in [-0.39, 0.29) is 11.8 Å². The molecule has 2 rings (SSSR count). The molecule has 1 saturated heterocycles. The first-order valence-corrected chi connectivity index (χ1v) is 7.18. The highest BCUT2D eigenvalue weighted by Crippen LogP contribution is 2.18. The monoisotopic (exact) mass is 268 g/mol. The predicted molar refractivity (Wildman–Crippen MR) is 72.7 cm³/mol. The zero-order valence-corrected chi connectivity index (χ0v) is 11.7. The van der Waals surface area contributed by atoms with E-state index in [0.717, 1.165) is 39.0 Å². The Morgan fingerprint density at radius 2 is 1.53 bits per heavy atom. The topological polar surface area (TPSA) is 64.7 Å². The van der Waals surface area contributed by atoms with Crippen LogP contribution in [0.5, 0.6) is 0 Å². The molecule has 2 aliphatic rings. The second-order valence-electron chi connectivity index (χ2n) is 5.35. The van der Waals surface area contributed by atoms with Gasteiger partial charge in [-0.2, -0.15) is 0 Å². The summed E-state index contributed by atoms with van der Waals surface area (Å²) in [7, 11) is 0. The van der Waals surface area contributed by atoms with Crippen LogP contribution in [0.4, 0.5) is 0 Å². The first kappa shape index (κ1) is 14.3. The van der Waals surface area contributed by atoms with Crippen molar-refractivity contribution in [2.45, 2.75) is 25.8 Å². The Kier molecular flexibility index (Phi) is 5.15. The van der Waals surface area contributed by atoms with Crippen LogP contribution in [0.1, 0.15) is 19.8 Å². The smallest absolute Gasteiger partial charge is 0.234 e. The summed E-state index contributed by atoms with van der Waals surface area (Å²) in [5.74, 6) is 0.224. The number of nitrogens with zero attached hydrogens (tertiary/aromatic N) is 2. The fourth-order valence-electron chi connectivity index (χ4n) is 2.27. The molecule has 0 bridgehead atoms. The van der Waals surface area contributed by atoms with E-state index >= 15 is 0 Å². The number of likely N-dealkylation sites (N-methyl/N-ethyl adjacent to an activating group) is 1. The largest absolute Gasteiger partial charge is 0.355 e. The summed E-state index contributed by atoms with van der Waals surface area (Å²) in [6.07, 6.45) is 2.26. The Labute approximate surface area is 114 Å². The lowest BCUT2D eigenvalue weighted by Crippen LogP contribution is -2.51. The number of amides is 2. The molecule has 0 unspecified atom stereocenters. The molecule has 108 valence electrons. The summed E-state index contributed by atoms with van der Waals surface area (Å²) in [5, 5.41) is 5.81. The van der Waals surface area contributed by atoms with Crippen LogP contribution in [0.3, 0.4) is 0 Å². The third-order valence-corrected chi connectivity index (χ3v) is 3.52. The lowest BCUT2D eigenvalue weighted by molar-refractivity contribution is -0.125. The predicted octanol–water partition coefficient (Wildman–Crippen LogP) is -0.981. The average Bonchev–Trinajstić information content (AvgIpc) is 3.16. The molecule has 1 saturated carbocycles. The first-order valence-electron chi connectivity index (χ1n) is 7.18. The van der Waals surface area contributed by atoms with Crippen LogP contribution in [0, 0.1) is 0 Å². The van der Waals surface area contributed by atoms with Gasteiger partial charge in [0.15, 0.2) is 0 Å². The highest BCUT2D eigenvalue weighted by atomic mass is 16.2. The van der Waals surface area contributed by atoms with E-state index < -0.39 is 0 Å². The van der Waals surface area contributed by atoms with Crippen LogP contribution in [0.15, 0.2) is 0 Å². The highest BCUT2D eigenvalue weighted by Gasteiger charge is 2.25. The number of hydrogen-bond acceptors (Lipinski definition) is 4. The molecule has 0 aromatic rings. The molecule has 2 amide bonds. The molecular formula is C13H24N4O2. The van der Waals surface area contributed by atoms with Gasteiger partial charge >= 0.3 is 0 Å². The number of carbonyl (C=O) groups excluding carboxylic acids is 2. The van der Waals surface area contributed by atoms with E-state index in [4.69, 9.17) is 0 Å². The summed E-state index contributed by atoms with van der Waals surface area (Å²) < 4.78 is 0. The third kappa shape index (κ3) is 5.16. The maximum absolute atomic E-state index is 11.7. The fourth-order valence-corrected chi connectivity index (χ4v) is 2.27. The molecule has 19 heavy (non-hydrogen) atoms. The Hall–Kier alpha value is -1.14. The van der Waals surface area contributed by atoms with Gasteiger partial charge < -0.3 is 10.6 Å². The molecule has 0 atom stereocenters. The van der Waals surface area contributed by atoms with E-state index in [0.29, 0.717) is 25.7 Å². The lowest BCUT2D eigenvalue weighted by Gasteiger charge is -2.33. The summed E-state index contributed by atoms with van der Waals surface area (Å²) >= 11 is 0. The minimum absolute atomic E-state index is 0.0856. The standard InChI is InChI=1S/C13H24N4O2/c1-2-14-12(18)9-16-5-7-17(8-6-16)10-13(19)15-11-3-4-11/h11H,2-10H2,1H3,(H,14,18)(H,15,19). The van der Waals surface area contributed by atoms with E-state index in [1.807, 2.05) is 6.92 Å². The van der Waals surface area contributed by atoms with Crippen LogP contribution < -0.4 is 10.6 Å². The van der Waals surface area contributed by atoms with Crippen molar-refractivity contribution in [3.05, 3.63) is 0 Å². The Bertz CT molecular complexity index is 323. The second-order valence-corrected chi connectivity index (χ2v) is 5.35. The van der Waals surface area contributed by atoms with E-state index in [1.54, 1.807) is 0 Å². The summed E-state index contributed by atoms with van der Waals surface area (Å²) in [6.45, 7) is 6.99. The van der Waals surface area contributed by atoms with Gasteiger partial charge in [-0.05, 0) is 19.8 Å². The van der Waals surface area contributed by atoms with Gasteiger partial charge in [-0.1, -0.05) is 0 Å². The molecule has 2 fully saturated rings. The van der Waals surface area contributed by atoms with Gasteiger partial charge in [0.2, 0.25) is 11.8 Å². The number of hydrogen-bond donors (Lipinski definition) is 2. The van der Waals surface area contributed by atoms with Crippen LogP contribution in [0.2, 0.25) is 0 Å². The van der Waals surface area contributed by atoms with Gasteiger partial charge in [0.25, 0.3) is 0 Å². The molecule has 0 aromatic heterocycles. The molecule has 6 nitrogen and oxygen atoms in total. The molecule has 0 aromatic carbocycles. The maximum atomic E-state index is 11.7. The summed E-state index contributed by atoms with van der Waals surface area (Å²) in [5.41, 5.74) is 0. The SMILES string of the molecule is CCNC(=O)CN1CCN(CC(=O)NC2CC2)CC1. The van der Waals surface area contributed by atoms with Crippen molar-refractivity contribution >= 4 is 11.8 Å². The van der Waals surface area contributed by atoms with Crippen molar-refractivity contribution in [1.82, 2.24) is 20.4 Å². The van der Waals surface area contributed by atoms with Gasteiger partial charge in [-0.3, -0.25) is 19.4 Å². The molecular weight excluding hydrogens is 244 g/mol. The molecule has 6 heteroatoms. The van der Waals surface area contributed by atoms with Crippen molar-refractivity contribution in [2.75, 3.05) is 45.8 Å². The van der Waals surface area contributed by atoms with E-state index in [2.05, 4.69) is 20.4 Å². The molecule has 2 N–H and O–H groups in total. The zero-order valence-electron chi connectivity index (χ0n) is 11.7. The second kappa shape index (κ2) is 6.86. The maximum Gasteiger partial charge on any atom is 0.234 e. The quantitative estimate of drug-likeness (QED) is 0.650. The summed E-state index contributed by atoms with van der Waals surface area (Å²) in [4.78, 5) is 27.4. The fraction of sp³-hybridized carbons (Fsp3) is 0.846. The zero-order chi connectivity index (χ0) is 13.7. The molecule has 1 heterocycles. The van der Waals surface area contributed by atoms with E-state index in [9.17, 15) is 9.59 Å². The van der Waals surface area contributed by atoms with Crippen LogP contribution in [-0.2, 0) is 9.59 Å². The van der Waals surface area contributed by atoms with Gasteiger partial charge in [-0.25, -0.2) is 0 Å². The van der Waals surface area contributed by atoms with Gasteiger partial charge in [0.05, 0.1) is 13.1 Å². The normalized spacial score (nSPS) is 21.1. The molecule has 0 radical (unpaired) electrons. The average molecular weight is 268 g/mol. The Balaban J connectivity index is 1.61. The van der Waals surface area contributed by atoms with Crippen LogP contribution >= 0.6 is 0 Å². The number of nitrogens with one attached hydrogen (secondary N) is 2. The molecule has 1 aliphatic heterocycles. The van der Waals surface area contributed by atoms with Crippen LogP contribution in [0.25, 0.3) is 0 Å². The molecule has 1 aliphatic carbocycles. The molecule has 0 spiro atoms. The van der Waals surface area contributed by atoms with Crippen LogP contribution in [-0.4, -0.2) is 73.5 Å². The van der Waals surface area contributed by atoms with Gasteiger partial charge in [0, 0.05) is 38.8 Å². The third-order valence-electron chi connectivity index (χ3n) is 3.52. The highest BCUT2D eigenvalue weighted by molar-refractivity contribution is 5.79. The minimum atomic E-state index is 0.0856. The number of rotatable bonds is 6. The summed E-state index contributed by atoms with van der Waals surface area (Å²) in [6, 6.07) is 0.437. The number of piperazine rings is 1. The first-order chi connectivity index (χ1) is 9.17. The van der Waals surface area contributed by atoms with Crippen molar-refractivity contribution < 1.29 is 9.59 Å². The van der Waals surface area contributed by atoms with Crippen molar-refractivity contribution in [3.8, 4) is 0 Å². The lowest BCUT2D eigenvalue weighted by atomic mass is 10.3. The van der Waals surface area contributed by atoms with Gasteiger partial charge in [-0.15, -0.1) is 0 Å². The Morgan fingerprint density at radius 3 is 2.00 bits per heavy atom. The van der Waals surface area contributed by atoms with Crippen molar-refractivity contribution in [2.24, 2.45) is 0 Å². The van der Waals surface area contributed by atoms with Crippen molar-refractivity contribution in [1.29, 1.82) is 0 Å². The van der Waals surface area contributed by atoms with Crippen molar-refractivity contribution in [3.63, 3.8) is 0 Å². The van der Waals surface area contributed by atoms with E-state index in [1.165, 1.54) is 0 Å². The Morgan fingerprint density at radius 1 is 1.00 bits per heavy atom. The number of carbonyl (C=O) groups is 2. The minimum Gasteiger partial charge on any atom is -0.355 e. The van der Waals surface area contributed by atoms with Gasteiger partial charge in [0.1, 0.15) is 0 Å².